The molecule has 1 aliphatic rings. The molecular weight excluding hydrogens is 226 g/mol. The Morgan fingerprint density at radius 3 is 2.94 bits per heavy atom. The first kappa shape index (κ1) is 15.2. The molecule has 1 aliphatic heterocycles. The van der Waals surface area contributed by atoms with Crippen LogP contribution < -0.4 is 0 Å². The molecule has 1 rings (SSSR count). The fraction of sp³-hybridized carbons (Fsp3) is 0.800. The van der Waals surface area contributed by atoms with Gasteiger partial charge in [0.2, 0.25) is 0 Å². The number of carboxylic acid groups (broad SMARTS) is 1. The van der Waals surface area contributed by atoms with Crippen molar-refractivity contribution >= 4 is 5.97 Å². The largest absolute Gasteiger partial charge is 0.481 e. The highest BCUT2D eigenvalue weighted by Crippen LogP contribution is 2.21. The zero-order chi connectivity index (χ0) is 13.2. The van der Waals surface area contributed by atoms with Gasteiger partial charge in [0.25, 0.3) is 0 Å². The van der Waals surface area contributed by atoms with Crippen molar-refractivity contribution < 1.29 is 9.90 Å². The lowest BCUT2D eigenvalue weighted by Crippen LogP contribution is -2.36. The maximum Gasteiger partial charge on any atom is 0.303 e. The van der Waals surface area contributed by atoms with E-state index >= 15 is 0 Å². The number of hydrogen-bond acceptors (Lipinski definition) is 2. The van der Waals surface area contributed by atoms with Crippen LogP contribution in [0.1, 0.15) is 51.4 Å². The Kier molecular flexibility index (Phi) is 7.74. The van der Waals surface area contributed by atoms with Crippen molar-refractivity contribution in [2.24, 2.45) is 5.92 Å². The van der Waals surface area contributed by atoms with Gasteiger partial charge in [-0.15, -0.1) is 6.58 Å². The van der Waals surface area contributed by atoms with Gasteiger partial charge in [0.05, 0.1) is 0 Å². The molecule has 1 fully saturated rings. The van der Waals surface area contributed by atoms with Crippen LogP contribution in [0.15, 0.2) is 12.7 Å². The SMILES string of the molecule is C=CCCCCCN1CCCC(CCC(=O)O)C1. The molecule has 0 spiro atoms. The van der Waals surface area contributed by atoms with Crippen LogP contribution >= 0.6 is 0 Å². The zero-order valence-corrected chi connectivity index (χ0v) is 11.4. The summed E-state index contributed by atoms with van der Waals surface area (Å²) in [7, 11) is 0. The van der Waals surface area contributed by atoms with Crippen LogP contribution in [-0.2, 0) is 4.79 Å². The summed E-state index contributed by atoms with van der Waals surface area (Å²) in [5.41, 5.74) is 0. The summed E-state index contributed by atoms with van der Waals surface area (Å²) >= 11 is 0. The van der Waals surface area contributed by atoms with Crippen molar-refractivity contribution in [3.8, 4) is 0 Å². The monoisotopic (exact) mass is 253 g/mol. The number of aliphatic carboxylic acids is 1. The second-order valence-corrected chi connectivity index (χ2v) is 5.38. The molecular formula is C15H27NO2. The topological polar surface area (TPSA) is 40.5 Å². The van der Waals surface area contributed by atoms with E-state index in [1.165, 1.54) is 45.2 Å². The number of likely N-dealkylation sites (tertiary alicyclic amines) is 1. The minimum absolute atomic E-state index is 0.331. The summed E-state index contributed by atoms with van der Waals surface area (Å²) < 4.78 is 0. The number of carboxylic acids is 1. The average molecular weight is 253 g/mol. The van der Waals surface area contributed by atoms with Gasteiger partial charge >= 0.3 is 5.97 Å². The highest BCUT2D eigenvalue weighted by Gasteiger charge is 2.19. The molecule has 1 unspecified atom stereocenters. The molecule has 0 aromatic heterocycles. The molecule has 0 radical (unpaired) electrons. The lowest BCUT2D eigenvalue weighted by Gasteiger charge is -2.32. The lowest BCUT2D eigenvalue weighted by molar-refractivity contribution is -0.137. The minimum Gasteiger partial charge on any atom is -0.481 e. The average Bonchev–Trinajstić information content (AvgIpc) is 2.37. The second-order valence-electron chi connectivity index (χ2n) is 5.38. The van der Waals surface area contributed by atoms with Crippen LogP contribution in [0.5, 0.6) is 0 Å². The normalized spacial score (nSPS) is 20.8. The van der Waals surface area contributed by atoms with Crippen molar-refractivity contribution in [1.29, 1.82) is 0 Å². The van der Waals surface area contributed by atoms with Gasteiger partial charge in [-0.1, -0.05) is 12.5 Å². The maximum atomic E-state index is 10.6. The summed E-state index contributed by atoms with van der Waals surface area (Å²) in [6, 6.07) is 0. The van der Waals surface area contributed by atoms with E-state index in [4.69, 9.17) is 5.11 Å². The van der Waals surface area contributed by atoms with E-state index < -0.39 is 5.97 Å². The van der Waals surface area contributed by atoms with Crippen LogP contribution in [0.25, 0.3) is 0 Å². The Hall–Kier alpha value is -0.830. The van der Waals surface area contributed by atoms with Crippen molar-refractivity contribution in [1.82, 2.24) is 4.90 Å². The van der Waals surface area contributed by atoms with Crippen molar-refractivity contribution in [2.75, 3.05) is 19.6 Å². The molecule has 0 aromatic rings. The molecule has 0 amide bonds. The van der Waals surface area contributed by atoms with Crippen LogP contribution in [0.4, 0.5) is 0 Å². The van der Waals surface area contributed by atoms with E-state index in [1.807, 2.05) is 6.08 Å². The van der Waals surface area contributed by atoms with Gasteiger partial charge in [-0.05, 0) is 57.5 Å². The fourth-order valence-electron chi connectivity index (χ4n) is 2.72. The Morgan fingerprint density at radius 1 is 1.39 bits per heavy atom. The van der Waals surface area contributed by atoms with E-state index in [1.54, 1.807) is 0 Å². The summed E-state index contributed by atoms with van der Waals surface area (Å²) in [5, 5.41) is 8.71. The number of allylic oxidation sites excluding steroid dienone is 1. The summed E-state index contributed by atoms with van der Waals surface area (Å²) in [4.78, 5) is 13.1. The Balaban J connectivity index is 2.10. The number of piperidine rings is 1. The molecule has 0 aliphatic carbocycles. The van der Waals surface area contributed by atoms with Crippen LogP contribution in [0.3, 0.4) is 0 Å². The molecule has 104 valence electrons. The van der Waals surface area contributed by atoms with Gasteiger partial charge in [-0.3, -0.25) is 4.79 Å². The second kappa shape index (κ2) is 9.15. The molecule has 3 heteroatoms. The van der Waals surface area contributed by atoms with Crippen molar-refractivity contribution in [3.63, 3.8) is 0 Å². The Labute approximate surface area is 111 Å². The quantitative estimate of drug-likeness (QED) is 0.506. The van der Waals surface area contributed by atoms with Crippen molar-refractivity contribution in [2.45, 2.75) is 51.4 Å². The van der Waals surface area contributed by atoms with Crippen molar-refractivity contribution in [3.05, 3.63) is 12.7 Å². The van der Waals surface area contributed by atoms with Gasteiger partial charge in [0.1, 0.15) is 0 Å². The molecule has 3 nitrogen and oxygen atoms in total. The molecule has 1 atom stereocenters. The van der Waals surface area contributed by atoms with E-state index in [0.29, 0.717) is 12.3 Å². The van der Waals surface area contributed by atoms with Gasteiger partial charge < -0.3 is 10.0 Å². The van der Waals surface area contributed by atoms with E-state index in [2.05, 4.69) is 11.5 Å². The number of hydrogen-bond donors (Lipinski definition) is 1. The molecule has 1 N–H and O–H groups in total. The highest BCUT2D eigenvalue weighted by molar-refractivity contribution is 5.66. The van der Waals surface area contributed by atoms with E-state index in [9.17, 15) is 4.79 Å². The van der Waals surface area contributed by atoms with Crippen LogP contribution in [0.2, 0.25) is 0 Å². The standard InChI is InChI=1S/C15H27NO2/c1-2-3-4-5-6-11-16-12-7-8-14(13-16)9-10-15(17)18/h2,14H,1,3-13H2,(H,17,18). The number of nitrogens with zero attached hydrogens (tertiary/aromatic N) is 1. The van der Waals surface area contributed by atoms with Gasteiger partial charge in [0, 0.05) is 13.0 Å². The Morgan fingerprint density at radius 2 is 2.22 bits per heavy atom. The first-order valence-corrected chi connectivity index (χ1v) is 7.27. The lowest BCUT2D eigenvalue weighted by atomic mass is 9.93. The predicted octanol–water partition coefficient (Wildman–Crippen LogP) is 3.31. The third-order valence-corrected chi connectivity index (χ3v) is 3.75. The number of unbranched alkanes of at least 4 members (excludes halogenated alkanes) is 3. The first-order chi connectivity index (χ1) is 8.72. The molecule has 0 bridgehead atoms. The highest BCUT2D eigenvalue weighted by atomic mass is 16.4. The first-order valence-electron chi connectivity index (χ1n) is 7.27. The summed E-state index contributed by atoms with van der Waals surface area (Å²) in [6.07, 6.45) is 10.5. The van der Waals surface area contributed by atoms with Crippen LogP contribution in [-0.4, -0.2) is 35.6 Å². The van der Waals surface area contributed by atoms with Gasteiger partial charge in [-0.25, -0.2) is 0 Å². The minimum atomic E-state index is -0.656. The zero-order valence-electron chi connectivity index (χ0n) is 11.4. The molecule has 1 saturated heterocycles. The third kappa shape index (κ3) is 6.80. The van der Waals surface area contributed by atoms with Crippen LogP contribution in [0, 0.1) is 5.92 Å². The Bertz CT molecular complexity index is 253. The van der Waals surface area contributed by atoms with E-state index in [-0.39, 0.29) is 0 Å². The number of carbonyl (C=O) groups is 1. The molecule has 1 heterocycles. The molecule has 0 aromatic carbocycles. The summed E-state index contributed by atoms with van der Waals surface area (Å²) in [5.74, 6) is -0.0560. The van der Waals surface area contributed by atoms with Gasteiger partial charge in [-0.2, -0.15) is 0 Å². The van der Waals surface area contributed by atoms with E-state index in [0.717, 1.165) is 19.4 Å². The predicted molar refractivity (Wildman–Crippen MR) is 74.7 cm³/mol. The smallest absolute Gasteiger partial charge is 0.303 e. The third-order valence-electron chi connectivity index (χ3n) is 3.75. The molecule has 0 saturated carbocycles. The maximum absolute atomic E-state index is 10.6. The number of rotatable bonds is 9. The van der Waals surface area contributed by atoms with Gasteiger partial charge in [0.15, 0.2) is 0 Å². The summed E-state index contributed by atoms with van der Waals surface area (Å²) in [6.45, 7) is 7.22. The fourth-order valence-corrected chi connectivity index (χ4v) is 2.72. The molecule has 18 heavy (non-hydrogen) atoms.